The number of nitrogens with zero attached hydrogens (tertiary/aromatic N) is 3. The number of hydrogen-bond donors (Lipinski definition) is 0. The van der Waals surface area contributed by atoms with Crippen LogP contribution in [0, 0.1) is 0 Å². The summed E-state index contributed by atoms with van der Waals surface area (Å²) in [7, 11) is 0. The molecule has 0 radical (unpaired) electrons. The van der Waals surface area contributed by atoms with Crippen LogP contribution in [0.5, 0.6) is 0 Å². The van der Waals surface area contributed by atoms with Crippen LogP contribution in [0.1, 0.15) is 27.2 Å². The minimum absolute atomic E-state index is 0. The Morgan fingerprint density at radius 1 is 0.923 bits per heavy atom. The lowest BCUT2D eigenvalue weighted by Crippen LogP contribution is -2.35. The van der Waals surface area contributed by atoms with Crippen LogP contribution < -0.4 is 0 Å². The van der Waals surface area contributed by atoms with E-state index in [2.05, 4.69) is 35.7 Å². The van der Waals surface area contributed by atoms with Crippen molar-refractivity contribution >= 4 is 12.4 Å². The maximum Gasteiger partial charge on any atom is 0.0659 e. The molecule has 1 heterocycles. The van der Waals surface area contributed by atoms with Gasteiger partial charge < -0.3 is 0 Å². The van der Waals surface area contributed by atoms with Crippen molar-refractivity contribution in [1.82, 2.24) is 14.9 Å². The van der Waals surface area contributed by atoms with Crippen molar-refractivity contribution in [3.8, 4) is 0 Å². The summed E-state index contributed by atoms with van der Waals surface area (Å²) in [6, 6.07) is 0. The molecular weight excluding hydrogens is 186 g/mol. The lowest BCUT2D eigenvalue weighted by atomic mass is 10.4. The van der Waals surface area contributed by atoms with E-state index in [4.69, 9.17) is 0 Å². The molecule has 0 aromatic carbocycles. The molecule has 0 bridgehead atoms. The lowest BCUT2D eigenvalue weighted by Gasteiger charge is -2.22. The van der Waals surface area contributed by atoms with Crippen LogP contribution in [0.3, 0.4) is 0 Å². The van der Waals surface area contributed by atoms with Gasteiger partial charge in [-0.3, -0.25) is 4.90 Å². The van der Waals surface area contributed by atoms with Crippen LogP contribution in [0.15, 0.2) is 0 Å². The third-order valence-electron chi connectivity index (χ3n) is 2.40. The molecule has 0 N–H and O–H groups in total. The SMILES string of the molecule is CCCN1CN(CC)N(CC)C1.Cl. The van der Waals surface area contributed by atoms with Gasteiger partial charge in [0.15, 0.2) is 0 Å². The Morgan fingerprint density at radius 3 is 1.69 bits per heavy atom. The minimum Gasteiger partial charge on any atom is -0.275 e. The fraction of sp³-hybridized carbons (Fsp3) is 1.00. The first-order valence-corrected chi connectivity index (χ1v) is 5.03. The zero-order valence-corrected chi connectivity index (χ0v) is 9.81. The van der Waals surface area contributed by atoms with Crippen LogP contribution >= 0.6 is 12.4 Å². The smallest absolute Gasteiger partial charge is 0.0659 e. The van der Waals surface area contributed by atoms with Gasteiger partial charge in [-0.2, -0.15) is 0 Å². The zero-order valence-electron chi connectivity index (χ0n) is 8.99. The molecule has 1 rings (SSSR count). The molecule has 0 amide bonds. The standard InChI is InChI=1S/C9H21N3.ClH/c1-4-7-10-8-11(5-2)12(6-3)9-10;/h4-9H2,1-3H3;1H. The Balaban J connectivity index is 0.00000144. The first-order valence-electron chi connectivity index (χ1n) is 5.03. The summed E-state index contributed by atoms with van der Waals surface area (Å²) in [6.07, 6.45) is 1.26. The van der Waals surface area contributed by atoms with E-state index < -0.39 is 0 Å². The Labute approximate surface area is 88.1 Å². The van der Waals surface area contributed by atoms with Gasteiger partial charge in [0, 0.05) is 19.6 Å². The second-order valence-corrected chi connectivity index (χ2v) is 3.32. The highest BCUT2D eigenvalue weighted by Gasteiger charge is 2.24. The normalized spacial score (nSPS) is 20.5. The molecule has 0 atom stereocenters. The summed E-state index contributed by atoms with van der Waals surface area (Å²) >= 11 is 0. The summed E-state index contributed by atoms with van der Waals surface area (Å²) in [5.74, 6) is 0. The monoisotopic (exact) mass is 207 g/mol. The molecule has 13 heavy (non-hydrogen) atoms. The Morgan fingerprint density at radius 2 is 1.38 bits per heavy atom. The molecule has 1 fully saturated rings. The van der Waals surface area contributed by atoms with E-state index in [0.29, 0.717) is 0 Å². The molecule has 1 aliphatic rings. The van der Waals surface area contributed by atoms with Gasteiger partial charge in [0.1, 0.15) is 0 Å². The molecule has 1 saturated heterocycles. The summed E-state index contributed by atoms with van der Waals surface area (Å²) in [5.41, 5.74) is 0. The van der Waals surface area contributed by atoms with Crippen molar-refractivity contribution in [1.29, 1.82) is 0 Å². The van der Waals surface area contributed by atoms with Gasteiger partial charge in [-0.15, -0.1) is 12.4 Å². The molecule has 0 aromatic rings. The van der Waals surface area contributed by atoms with Crippen molar-refractivity contribution in [2.45, 2.75) is 27.2 Å². The highest BCUT2D eigenvalue weighted by molar-refractivity contribution is 5.85. The molecule has 0 aliphatic carbocycles. The highest BCUT2D eigenvalue weighted by Crippen LogP contribution is 2.10. The molecule has 0 unspecified atom stereocenters. The summed E-state index contributed by atoms with van der Waals surface area (Å²) < 4.78 is 0. The minimum atomic E-state index is 0. The molecule has 80 valence electrons. The first kappa shape index (κ1) is 13.2. The average Bonchev–Trinajstić information content (AvgIpc) is 2.48. The zero-order chi connectivity index (χ0) is 8.97. The molecular formula is C9H22ClN3. The molecule has 0 saturated carbocycles. The van der Waals surface area contributed by atoms with Crippen molar-refractivity contribution < 1.29 is 0 Å². The van der Waals surface area contributed by atoms with E-state index in [1.807, 2.05) is 0 Å². The van der Waals surface area contributed by atoms with Gasteiger partial charge in [-0.05, 0) is 6.42 Å². The van der Waals surface area contributed by atoms with Gasteiger partial charge in [0.2, 0.25) is 0 Å². The van der Waals surface area contributed by atoms with Crippen LogP contribution in [0.4, 0.5) is 0 Å². The largest absolute Gasteiger partial charge is 0.275 e. The lowest BCUT2D eigenvalue weighted by molar-refractivity contribution is 0.0388. The quantitative estimate of drug-likeness (QED) is 0.694. The second-order valence-electron chi connectivity index (χ2n) is 3.32. The van der Waals surface area contributed by atoms with Gasteiger partial charge in [-0.25, -0.2) is 10.0 Å². The first-order chi connectivity index (χ1) is 5.81. The number of rotatable bonds is 4. The predicted molar refractivity (Wildman–Crippen MR) is 58.7 cm³/mol. The predicted octanol–water partition coefficient (Wildman–Crippen LogP) is 1.61. The van der Waals surface area contributed by atoms with Gasteiger partial charge in [-0.1, -0.05) is 20.8 Å². The maximum absolute atomic E-state index is 2.49. The van der Waals surface area contributed by atoms with E-state index in [-0.39, 0.29) is 12.4 Å². The Hall–Kier alpha value is 0.170. The van der Waals surface area contributed by atoms with Crippen molar-refractivity contribution in [3.63, 3.8) is 0 Å². The maximum atomic E-state index is 2.49. The molecule has 0 aromatic heterocycles. The average molecular weight is 208 g/mol. The number of hydrogen-bond acceptors (Lipinski definition) is 3. The summed E-state index contributed by atoms with van der Waals surface area (Å²) in [5, 5.41) is 4.82. The van der Waals surface area contributed by atoms with Crippen LogP contribution in [0.25, 0.3) is 0 Å². The summed E-state index contributed by atoms with van der Waals surface area (Å²) in [6.45, 7) is 12.4. The third-order valence-corrected chi connectivity index (χ3v) is 2.40. The van der Waals surface area contributed by atoms with E-state index in [0.717, 1.165) is 26.4 Å². The Kier molecular flexibility index (Phi) is 6.68. The van der Waals surface area contributed by atoms with Crippen molar-refractivity contribution in [3.05, 3.63) is 0 Å². The van der Waals surface area contributed by atoms with Crippen LogP contribution in [-0.4, -0.2) is 47.9 Å². The number of halogens is 1. The molecule has 1 aliphatic heterocycles. The fourth-order valence-electron chi connectivity index (χ4n) is 1.74. The van der Waals surface area contributed by atoms with Gasteiger partial charge >= 0.3 is 0 Å². The fourth-order valence-corrected chi connectivity index (χ4v) is 1.74. The Bertz CT molecular complexity index is 120. The van der Waals surface area contributed by atoms with E-state index in [9.17, 15) is 0 Å². The second kappa shape index (κ2) is 6.60. The van der Waals surface area contributed by atoms with E-state index in [1.54, 1.807) is 0 Å². The van der Waals surface area contributed by atoms with Crippen LogP contribution in [0.2, 0.25) is 0 Å². The number of hydrazine groups is 1. The third kappa shape index (κ3) is 3.43. The molecule has 0 spiro atoms. The van der Waals surface area contributed by atoms with Crippen LogP contribution in [-0.2, 0) is 0 Å². The van der Waals surface area contributed by atoms with E-state index >= 15 is 0 Å². The van der Waals surface area contributed by atoms with Gasteiger partial charge in [0.05, 0.1) is 13.3 Å². The topological polar surface area (TPSA) is 9.72 Å². The molecule has 4 heteroatoms. The van der Waals surface area contributed by atoms with Gasteiger partial charge in [0.25, 0.3) is 0 Å². The van der Waals surface area contributed by atoms with E-state index in [1.165, 1.54) is 13.0 Å². The van der Waals surface area contributed by atoms with Crippen molar-refractivity contribution in [2.24, 2.45) is 0 Å². The van der Waals surface area contributed by atoms with Crippen molar-refractivity contribution in [2.75, 3.05) is 33.0 Å². The summed E-state index contributed by atoms with van der Waals surface area (Å²) in [4.78, 5) is 2.49. The highest BCUT2D eigenvalue weighted by atomic mass is 35.5. The molecule has 3 nitrogen and oxygen atoms in total.